The first-order valence-electron chi connectivity index (χ1n) is 3.23. The van der Waals surface area contributed by atoms with Gasteiger partial charge >= 0.3 is 0 Å². The largest absolute Gasteiger partial charge is 0.337 e. The highest BCUT2D eigenvalue weighted by Gasteiger charge is 1.91. The van der Waals surface area contributed by atoms with Crippen molar-refractivity contribution in [3.8, 4) is 0 Å². The van der Waals surface area contributed by atoms with Crippen molar-refractivity contribution >= 4 is 23.1 Å². The second-order valence-corrected chi connectivity index (χ2v) is 2.59. The quantitative estimate of drug-likeness (QED) is 0.599. The lowest BCUT2D eigenvalue weighted by molar-refractivity contribution is 1.19. The van der Waals surface area contributed by atoms with E-state index in [0.717, 1.165) is 10.9 Å². The van der Waals surface area contributed by atoms with Gasteiger partial charge in [0.1, 0.15) is 4.64 Å². The molecule has 2 rings (SSSR count). The minimum Gasteiger partial charge on any atom is -0.337 e. The summed E-state index contributed by atoms with van der Waals surface area (Å²) in [5.74, 6) is 0. The third-order valence-corrected chi connectivity index (χ3v) is 1.82. The van der Waals surface area contributed by atoms with Crippen molar-refractivity contribution in [2.45, 2.75) is 0 Å². The van der Waals surface area contributed by atoms with Crippen molar-refractivity contribution in [2.75, 3.05) is 0 Å². The summed E-state index contributed by atoms with van der Waals surface area (Å²) in [6, 6.07) is 7.77. The van der Waals surface area contributed by atoms with Gasteiger partial charge in [-0.3, -0.25) is 0 Å². The van der Waals surface area contributed by atoms with Crippen LogP contribution in [0.15, 0.2) is 24.3 Å². The molecular formula is C8H5N2S. The molecule has 1 N–H and O–H groups in total. The lowest BCUT2D eigenvalue weighted by atomic mass is 10.2. The summed E-state index contributed by atoms with van der Waals surface area (Å²) >= 11 is 4.99. The third kappa shape index (κ3) is 1.03. The number of hydrogen-bond donors (Lipinski definition) is 1. The van der Waals surface area contributed by atoms with Crippen molar-refractivity contribution in [3.05, 3.63) is 35.2 Å². The Bertz CT molecular complexity index is 428. The molecule has 3 heteroatoms. The van der Waals surface area contributed by atoms with Gasteiger partial charge in [-0.2, -0.15) is 0 Å². The molecule has 0 aliphatic rings. The zero-order valence-corrected chi connectivity index (χ0v) is 6.48. The number of aromatic nitrogens is 2. The smallest absolute Gasteiger partial charge is 0.175 e. The highest BCUT2D eigenvalue weighted by Crippen LogP contribution is 2.08. The Kier molecular flexibility index (Phi) is 1.43. The van der Waals surface area contributed by atoms with E-state index in [1.54, 1.807) is 0 Å². The molecule has 11 heavy (non-hydrogen) atoms. The van der Waals surface area contributed by atoms with E-state index >= 15 is 0 Å². The van der Waals surface area contributed by atoms with E-state index in [1.807, 2.05) is 24.3 Å². The lowest BCUT2D eigenvalue weighted by Gasteiger charge is -1.93. The summed E-state index contributed by atoms with van der Waals surface area (Å²) < 4.78 is 0.597. The first-order valence-corrected chi connectivity index (χ1v) is 3.64. The first-order chi connectivity index (χ1) is 5.38. The van der Waals surface area contributed by atoms with Crippen molar-refractivity contribution in [3.63, 3.8) is 0 Å². The average Bonchev–Trinajstić information content (AvgIpc) is 2.06. The van der Waals surface area contributed by atoms with Gasteiger partial charge in [-0.1, -0.05) is 24.4 Å². The van der Waals surface area contributed by atoms with Gasteiger partial charge in [0.2, 0.25) is 0 Å². The monoisotopic (exact) mass is 161 g/mol. The summed E-state index contributed by atoms with van der Waals surface area (Å²) in [6.07, 6.45) is 2.62. The Balaban J connectivity index is 3.03. The molecule has 0 aliphatic heterocycles. The zero-order valence-electron chi connectivity index (χ0n) is 5.66. The lowest BCUT2D eigenvalue weighted by Crippen LogP contribution is -1.81. The standard InChI is InChI=1S/C8H5N2S/c11-8-6-3-1-2-4-7(6)9-5-10-8/h1-4H,(H,9,10,11). The molecule has 0 amide bonds. The number of nitrogens with zero attached hydrogens (tertiary/aromatic N) is 1. The third-order valence-electron chi connectivity index (χ3n) is 1.51. The molecule has 1 radical (unpaired) electrons. The topological polar surface area (TPSA) is 28.7 Å². The van der Waals surface area contributed by atoms with E-state index in [0.29, 0.717) is 4.64 Å². The van der Waals surface area contributed by atoms with Gasteiger partial charge in [-0.05, 0) is 12.1 Å². The molecule has 1 heterocycles. The van der Waals surface area contributed by atoms with E-state index in [9.17, 15) is 0 Å². The van der Waals surface area contributed by atoms with Crippen LogP contribution in [0.25, 0.3) is 10.9 Å². The Morgan fingerprint density at radius 2 is 2.18 bits per heavy atom. The van der Waals surface area contributed by atoms with Gasteiger partial charge in [0.25, 0.3) is 0 Å². The Hall–Kier alpha value is -1.22. The predicted octanol–water partition coefficient (Wildman–Crippen LogP) is 2.09. The van der Waals surface area contributed by atoms with Gasteiger partial charge in [-0.15, -0.1) is 0 Å². The summed E-state index contributed by atoms with van der Waals surface area (Å²) in [5, 5.41) is 0.973. The van der Waals surface area contributed by atoms with E-state index in [1.165, 1.54) is 0 Å². The van der Waals surface area contributed by atoms with Gasteiger partial charge in [-0.25, -0.2) is 4.98 Å². The number of nitrogens with one attached hydrogen (secondary N) is 1. The molecule has 0 fully saturated rings. The number of H-pyrrole nitrogens is 1. The van der Waals surface area contributed by atoms with Crippen molar-refractivity contribution in [2.24, 2.45) is 0 Å². The molecule has 0 saturated heterocycles. The van der Waals surface area contributed by atoms with Crippen LogP contribution in [0.4, 0.5) is 0 Å². The maximum atomic E-state index is 4.99. The SMILES string of the molecule is S=c1n[c][nH]c2ccccc12. The summed E-state index contributed by atoms with van der Waals surface area (Å²) in [6.45, 7) is 0. The number of para-hydroxylation sites is 1. The number of benzene rings is 1. The van der Waals surface area contributed by atoms with Crippen molar-refractivity contribution < 1.29 is 0 Å². The fourth-order valence-corrected chi connectivity index (χ4v) is 1.20. The molecule has 0 atom stereocenters. The summed E-state index contributed by atoms with van der Waals surface area (Å²) in [5.41, 5.74) is 0.979. The van der Waals surface area contributed by atoms with E-state index in [2.05, 4.69) is 16.3 Å². The van der Waals surface area contributed by atoms with Crippen molar-refractivity contribution in [1.29, 1.82) is 0 Å². The summed E-state index contributed by atoms with van der Waals surface area (Å²) in [4.78, 5) is 6.73. The van der Waals surface area contributed by atoms with E-state index in [-0.39, 0.29) is 0 Å². The second kappa shape index (κ2) is 2.43. The van der Waals surface area contributed by atoms with Crippen LogP contribution in [0.3, 0.4) is 0 Å². The number of fused-ring (bicyclic) bond motifs is 1. The first kappa shape index (κ1) is 6.49. The van der Waals surface area contributed by atoms with Crippen LogP contribution < -0.4 is 0 Å². The number of rotatable bonds is 0. The molecule has 1 aromatic carbocycles. The molecule has 0 unspecified atom stereocenters. The Morgan fingerprint density at radius 1 is 1.36 bits per heavy atom. The maximum Gasteiger partial charge on any atom is 0.175 e. The molecule has 0 bridgehead atoms. The molecule has 2 aromatic rings. The van der Waals surface area contributed by atoms with Gasteiger partial charge < -0.3 is 4.98 Å². The van der Waals surface area contributed by atoms with Crippen LogP contribution in [0, 0.1) is 11.0 Å². The molecule has 0 spiro atoms. The highest BCUT2D eigenvalue weighted by atomic mass is 32.1. The normalized spacial score (nSPS) is 10.2. The minimum atomic E-state index is 0.597. The van der Waals surface area contributed by atoms with Gasteiger partial charge in [0.05, 0.1) is 5.52 Å². The highest BCUT2D eigenvalue weighted by molar-refractivity contribution is 7.71. The van der Waals surface area contributed by atoms with Crippen LogP contribution >= 0.6 is 12.2 Å². The average molecular weight is 161 g/mol. The molecular weight excluding hydrogens is 156 g/mol. The zero-order chi connectivity index (χ0) is 7.68. The minimum absolute atomic E-state index is 0.597. The summed E-state index contributed by atoms with van der Waals surface area (Å²) in [7, 11) is 0. The van der Waals surface area contributed by atoms with Crippen LogP contribution in [-0.4, -0.2) is 9.97 Å². The molecule has 2 nitrogen and oxygen atoms in total. The molecule has 1 aromatic heterocycles. The van der Waals surface area contributed by atoms with Gasteiger partial charge in [0.15, 0.2) is 6.33 Å². The Morgan fingerprint density at radius 3 is 3.00 bits per heavy atom. The van der Waals surface area contributed by atoms with Crippen LogP contribution in [0.1, 0.15) is 0 Å². The fraction of sp³-hybridized carbons (Fsp3) is 0. The number of hydrogen-bond acceptors (Lipinski definition) is 2. The fourth-order valence-electron chi connectivity index (χ4n) is 0.978. The van der Waals surface area contributed by atoms with Crippen LogP contribution in [0.2, 0.25) is 0 Å². The van der Waals surface area contributed by atoms with E-state index < -0.39 is 0 Å². The second-order valence-electron chi connectivity index (χ2n) is 2.20. The molecule has 53 valence electrons. The number of aromatic amines is 1. The maximum absolute atomic E-state index is 4.99. The van der Waals surface area contributed by atoms with E-state index in [4.69, 9.17) is 12.2 Å². The molecule has 0 aliphatic carbocycles. The molecule has 0 saturated carbocycles. The van der Waals surface area contributed by atoms with Crippen LogP contribution in [-0.2, 0) is 0 Å². The van der Waals surface area contributed by atoms with Crippen LogP contribution in [0.5, 0.6) is 0 Å². The predicted molar refractivity (Wildman–Crippen MR) is 45.8 cm³/mol. The van der Waals surface area contributed by atoms with Gasteiger partial charge in [0, 0.05) is 5.39 Å². The van der Waals surface area contributed by atoms with Crippen molar-refractivity contribution in [1.82, 2.24) is 9.97 Å². The Labute approximate surface area is 68.9 Å².